The summed E-state index contributed by atoms with van der Waals surface area (Å²) in [7, 11) is 0. The minimum atomic E-state index is 0.954. The van der Waals surface area contributed by atoms with E-state index in [4.69, 9.17) is 0 Å². The Morgan fingerprint density at radius 3 is 2.25 bits per heavy atom. The first kappa shape index (κ1) is 8.06. The summed E-state index contributed by atoms with van der Waals surface area (Å²) in [4.78, 5) is 0. The standard InChI is InChI=1S/C7H17B/c1-4-6-7-8(3)5-2/h4-7H2,1-3H3. The van der Waals surface area contributed by atoms with Crippen LogP contribution in [0.3, 0.4) is 0 Å². The van der Waals surface area contributed by atoms with Crippen LogP contribution in [0, 0.1) is 0 Å². The minimum absolute atomic E-state index is 0.954. The molecule has 0 fully saturated rings. The van der Waals surface area contributed by atoms with Gasteiger partial charge in [0.25, 0.3) is 0 Å². The van der Waals surface area contributed by atoms with Crippen LogP contribution in [-0.2, 0) is 0 Å². The lowest BCUT2D eigenvalue weighted by molar-refractivity contribution is 0.872. The van der Waals surface area contributed by atoms with E-state index in [0.717, 1.165) is 6.71 Å². The highest BCUT2D eigenvalue weighted by molar-refractivity contribution is 6.57. The predicted octanol–water partition coefficient (Wildman–Crippen LogP) is 2.93. The molecule has 0 saturated carbocycles. The fraction of sp³-hybridized carbons (Fsp3) is 1.00. The Balaban J connectivity index is 2.86. The Morgan fingerprint density at radius 1 is 1.25 bits per heavy atom. The molecule has 0 saturated heterocycles. The summed E-state index contributed by atoms with van der Waals surface area (Å²) in [5.74, 6) is 0. The van der Waals surface area contributed by atoms with Crippen molar-refractivity contribution in [3.63, 3.8) is 0 Å². The summed E-state index contributed by atoms with van der Waals surface area (Å²) in [6.45, 7) is 7.80. The van der Waals surface area contributed by atoms with Crippen molar-refractivity contribution in [2.45, 2.75) is 46.2 Å². The fourth-order valence-electron chi connectivity index (χ4n) is 0.757. The Kier molecular flexibility index (Phi) is 5.25. The summed E-state index contributed by atoms with van der Waals surface area (Å²) in [6, 6.07) is 0. The molecule has 0 spiro atoms. The van der Waals surface area contributed by atoms with Crippen molar-refractivity contribution in [3.05, 3.63) is 0 Å². The fourth-order valence-corrected chi connectivity index (χ4v) is 0.757. The van der Waals surface area contributed by atoms with Gasteiger partial charge in [0.15, 0.2) is 0 Å². The van der Waals surface area contributed by atoms with Gasteiger partial charge in [0, 0.05) is 0 Å². The third kappa shape index (κ3) is 4.23. The predicted molar refractivity (Wildman–Crippen MR) is 41.8 cm³/mol. The molecule has 0 N–H and O–H groups in total. The maximum absolute atomic E-state index is 2.33. The molecule has 1 heteroatoms. The topological polar surface area (TPSA) is 0 Å². The molecule has 0 aliphatic carbocycles. The lowest BCUT2D eigenvalue weighted by Gasteiger charge is -2.00. The van der Waals surface area contributed by atoms with E-state index in [1.54, 1.807) is 0 Å². The summed E-state index contributed by atoms with van der Waals surface area (Å²) < 4.78 is 0. The molecule has 0 atom stereocenters. The zero-order chi connectivity index (χ0) is 6.41. The highest BCUT2D eigenvalue weighted by atomic mass is 13.8. The summed E-state index contributed by atoms with van der Waals surface area (Å²) in [5, 5.41) is 0. The maximum Gasteiger partial charge on any atom is 0.136 e. The normalized spacial score (nSPS) is 9.38. The van der Waals surface area contributed by atoms with Crippen LogP contribution in [-0.4, -0.2) is 6.71 Å². The Bertz CT molecular complexity index is 43.7. The summed E-state index contributed by atoms with van der Waals surface area (Å²) in [6.07, 6.45) is 5.53. The number of rotatable bonds is 4. The molecule has 0 amide bonds. The first-order valence-corrected chi connectivity index (χ1v) is 3.81. The van der Waals surface area contributed by atoms with Crippen molar-refractivity contribution in [3.8, 4) is 0 Å². The van der Waals surface area contributed by atoms with E-state index < -0.39 is 0 Å². The van der Waals surface area contributed by atoms with Gasteiger partial charge in [0.2, 0.25) is 0 Å². The van der Waals surface area contributed by atoms with E-state index in [9.17, 15) is 0 Å². The maximum atomic E-state index is 2.33. The highest BCUT2D eigenvalue weighted by Crippen LogP contribution is 2.03. The van der Waals surface area contributed by atoms with Crippen LogP contribution in [0.4, 0.5) is 0 Å². The molecule has 0 aromatic carbocycles. The first-order valence-electron chi connectivity index (χ1n) is 3.81. The van der Waals surface area contributed by atoms with Gasteiger partial charge in [-0.1, -0.05) is 46.2 Å². The van der Waals surface area contributed by atoms with Crippen molar-refractivity contribution in [2.24, 2.45) is 0 Å². The van der Waals surface area contributed by atoms with Crippen molar-refractivity contribution < 1.29 is 0 Å². The number of hydrogen-bond acceptors (Lipinski definition) is 0. The molecule has 0 aliphatic heterocycles. The molecule has 48 valence electrons. The summed E-state index contributed by atoms with van der Waals surface area (Å²) >= 11 is 0. The molecular weight excluding hydrogens is 94.9 g/mol. The Labute approximate surface area is 53.8 Å². The lowest BCUT2D eigenvalue weighted by atomic mass is 9.47. The van der Waals surface area contributed by atoms with E-state index in [0.29, 0.717) is 0 Å². The lowest BCUT2D eigenvalue weighted by Crippen LogP contribution is -2.02. The van der Waals surface area contributed by atoms with Crippen molar-refractivity contribution in [1.29, 1.82) is 0 Å². The van der Waals surface area contributed by atoms with Crippen LogP contribution in [0.25, 0.3) is 0 Å². The van der Waals surface area contributed by atoms with Gasteiger partial charge in [0.1, 0.15) is 6.71 Å². The minimum Gasteiger partial charge on any atom is -0.0861 e. The van der Waals surface area contributed by atoms with E-state index in [-0.39, 0.29) is 0 Å². The number of unbranched alkanes of at least 4 members (excludes halogenated alkanes) is 1. The smallest absolute Gasteiger partial charge is 0.0861 e. The molecule has 0 heterocycles. The number of hydrogen-bond donors (Lipinski definition) is 0. The van der Waals surface area contributed by atoms with Gasteiger partial charge in [0.05, 0.1) is 0 Å². The Morgan fingerprint density at radius 2 is 1.88 bits per heavy atom. The van der Waals surface area contributed by atoms with E-state index >= 15 is 0 Å². The zero-order valence-electron chi connectivity index (χ0n) is 6.41. The van der Waals surface area contributed by atoms with Gasteiger partial charge in [-0.25, -0.2) is 0 Å². The molecule has 0 aromatic heterocycles. The first-order chi connectivity index (χ1) is 3.81. The van der Waals surface area contributed by atoms with Crippen LogP contribution in [0.15, 0.2) is 0 Å². The quantitative estimate of drug-likeness (QED) is 0.490. The zero-order valence-corrected chi connectivity index (χ0v) is 6.41. The second-order valence-corrected chi connectivity index (χ2v) is 2.66. The van der Waals surface area contributed by atoms with Crippen LogP contribution in [0.5, 0.6) is 0 Å². The third-order valence-electron chi connectivity index (χ3n) is 1.75. The second-order valence-electron chi connectivity index (χ2n) is 2.66. The van der Waals surface area contributed by atoms with Gasteiger partial charge in [-0.2, -0.15) is 0 Å². The van der Waals surface area contributed by atoms with Crippen LogP contribution >= 0.6 is 0 Å². The molecule has 0 rings (SSSR count). The molecule has 0 aromatic rings. The van der Waals surface area contributed by atoms with Gasteiger partial charge < -0.3 is 0 Å². The van der Waals surface area contributed by atoms with Crippen LogP contribution < -0.4 is 0 Å². The molecule has 0 radical (unpaired) electrons. The SMILES string of the molecule is CCCCB(C)CC. The monoisotopic (exact) mass is 112 g/mol. The molecule has 0 unspecified atom stereocenters. The Hall–Kier alpha value is 0.0649. The molecule has 0 bridgehead atoms. The van der Waals surface area contributed by atoms with Crippen LogP contribution in [0.2, 0.25) is 19.5 Å². The molecule has 8 heavy (non-hydrogen) atoms. The summed E-state index contributed by atoms with van der Waals surface area (Å²) in [5.41, 5.74) is 0. The molecule has 0 aliphatic rings. The largest absolute Gasteiger partial charge is 0.136 e. The average Bonchev–Trinajstić information content (AvgIpc) is 1.83. The molecular formula is C7H17B. The van der Waals surface area contributed by atoms with E-state index in [2.05, 4.69) is 20.7 Å². The second kappa shape index (κ2) is 5.21. The van der Waals surface area contributed by atoms with Crippen molar-refractivity contribution >= 4 is 6.71 Å². The van der Waals surface area contributed by atoms with Gasteiger partial charge >= 0.3 is 0 Å². The molecule has 0 nitrogen and oxygen atoms in total. The van der Waals surface area contributed by atoms with Crippen molar-refractivity contribution in [2.75, 3.05) is 0 Å². The van der Waals surface area contributed by atoms with E-state index in [1.807, 2.05) is 0 Å². The van der Waals surface area contributed by atoms with Crippen molar-refractivity contribution in [1.82, 2.24) is 0 Å². The average molecular weight is 112 g/mol. The highest BCUT2D eigenvalue weighted by Gasteiger charge is 1.99. The van der Waals surface area contributed by atoms with Crippen LogP contribution in [0.1, 0.15) is 26.7 Å². The van der Waals surface area contributed by atoms with Gasteiger partial charge in [-0.15, -0.1) is 0 Å². The van der Waals surface area contributed by atoms with Gasteiger partial charge in [-0.3, -0.25) is 0 Å². The third-order valence-corrected chi connectivity index (χ3v) is 1.75. The van der Waals surface area contributed by atoms with E-state index in [1.165, 1.54) is 25.5 Å². The van der Waals surface area contributed by atoms with Gasteiger partial charge in [-0.05, 0) is 0 Å².